The lowest BCUT2D eigenvalue weighted by atomic mass is 9.81. The zero-order valence-electron chi connectivity index (χ0n) is 14.7. The molecule has 138 valence electrons. The average Bonchev–Trinajstić information content (AvgIpc) is 3.21. The van der Waals surface area contributed by atoms with Crippen LogP contribution in [-0.2, 0) is 19.1 Å². The highest BCUT2D eigenvalue weighted by atomic mass is 16.5. The number of fused-ring (bicyclic) bond motifs is 2. The predicted molar refractivity (Wildman–Crippen MR) is 90.0 cm³/mol. The molecule has 1 aromatic carbocycles. The van der Waals surface area contributed by atoms with E-state index in [1.54, 1.807) is 30.1 Å². The molecule has 3 heterocycles. The van der Waals surface area contributed by atoms with Crippen molar-refractivity contribution in [1.29, 1.82) is 0 Å². The molecule has 3 aliphatic rings. The van der Waals surface area contributed by atoms with Gasteiger partial charge in [0.05, 0.1) is 26.0 Å². The van der Waals surface area contributed by atoms with Crippen LogP contribution in [0.2, 0.25) is 0 Å². The van der Waals surface area contributed by atoms with E-state index in [0.717, 1.165) is 0 Å². The Labute approximate surface area is 150 Å². The van der Waals surface area contributed by atoms with Gasteiger partial charge in [-0.3, -0.25) is 14.4 Å². The van der Waals surface area contributed by atoms with Gasteiger partial charge >= 0.3 is 5.97 Å². The quantitative estimate of drug-likeness (QED) is 0.706. The van der Waals surface area contributed by atoms with Crippen molar-refractivity contribution >= 4 is 23.5 Å². The van der Waals surface area contributed by atoms with Gasteiger partial charge in [0.15, 0.2) is 6.61 Å². The van der Waals surface area contributed by atoms with Gasteiger partial charge < -0.3 is 24.0 Å². The lowest BCUT2D eigenvalue weighted by molar-refractivity contribution is -0.153. The van der Waals surface area contributed by atoms with E-state index in [1.807, 2.05) is 0 Å². The first-order valence-electron chi connectivity index (χ1n) is 8.45. The molecule has 0 N–H and O–H groups in total. The number of carbonyl (C=O) groups is 3. The van der Waals surface area contributed by atoms with Crippen molar-refractivity contribution in [2.75, 3.05) is 52.0 Å². The summed E-state index contributed by atoms with van der Waals surface area (Å²) < 4.78 is 15.8. The van der Waals surface area contributed by atoms with Gasteiger partial charge in [0.25, 0.3) is 11.8 Å². The summed E-state index contributed by atoms with van der Waals surface area (Å²) in [5.74, 6) is -0.179. The molecule has 0 saturated carbocycles. The minimum absolute atomic E-state index is 0.00769. The summed E-state index contributed by atoms with van der Waals surface area (Å²) >= 11 is 0. The molecule has 2 fully saturated rings. The van der Waals surface area contributed by atoms with Gasteiger partial charge in [-0.1, -0.05) is 0 Å². The SMILES string of the molecule is COC(=O)[C@@]12COC[C@@H]1CN(C(=O)c1ccc3c(c1)N(C)C(=O)CO3)C2. The first-order chi connectivity index (χ1) is 12.5. The maximum Gasteiger partial charge on any atom is 0.316 e. The molecule has 4 rings (SSSR count). The summed E-state index contributed by atoms with van der Waals surface area (Å²) in [7, 11) is 3.01. The molecular weight excluding hydrogens is 340 g/mol. The Morgan fingerprint density at radius 1 is 1.35 bits per heavy atom. The zero-order valence-corrected chi connectivity index (χ0v) is 14.7. The van der Waals surface area contributed by atoms with Gasteiger partial charge in [0, 0.05) is 31.6 Å². The molecule has 0 radical (unpaired) electrons. The largest absolute Gasteiger partial charge is 0.482 e. The smallest absolute Gasteiger partial charge is 0.316 e. The highest BCUT2D eigenvalue weighted by molar-refractivity contribution is 6.01. The van der Waals surface area contributed by atoms with E-state index >= 15 is 0 Å². The van der Waals surface area contributed by atoms with E-state index in [2.05, 4.69) is 0 Å². The summed E-state index contributed by atoms with van der Waals surface area (Å²) in [6.45, 7) is 1.41. The van der Waals surface area contributed by atoms with E-state index in [4.69, 9.17) is 14.2 Å². The van der Waals surface area contributed by atoms with Crippen LogP contribution in [0.1, 0.15) is 10.4 Å². The van der Waals surface area contributed by atoms with Crippen molar-refractivity contribution in [3.05, 3.63) is 23.8 Å². The highest BCUT2D eigenvalue weighted by Crippen LogP contribution is 2.43. The minimum Gasteiger partial charge on any atom is -0.482 e. The Bertz CT molecular complexity index is 794. The van der Waals surface area contributed by atoms with E-state index in [1.165, 1.54) is 12.0 Å². The van der Waals surface area contributed by atoms with E-state index in [0.29, 0.717) is 30.2 Å². The minimum atomic E-state index is -0.783. The number of likely N-dealkylation sites (tertiary alicyclic amines) is 1. The molecule has 26 heavy (non-hydrogen) atoms. The van der Waals surface area contributed by atoms with Crippen LogP contribution < -0.4 is 9.64 Å². The topological polar surface area (TPSA) is 85.4 Å². The van der Waals surface area contributed by atoms with Gasteiger partial charge in [-0.15, -0.1) is 0 Å². The van der Waals surface area contributed by atoms with Crippen LogP contribution in [0.25, 0.3) is 0 Å². The van der Waals surface area contributed by atoms with Gasteiger partial charge in [-0.2, -0.15) is 0 Å². The van der Waals surface area contributed by atoms with Crippen LogP contribution in [0.5, 0.6) is 5.75 Å². The predicted octanol–water partition coefficient (Wildman–Crippen LogP) is 0.303. The first kappa shape index (κ1) is 16.8. The fraction of sp³-hybridized carbons (Fsp3) is 0.500. The second-order valence-electron chi connectivity index (χ2n) is 6.97. The Kier molecular flexibility index (Phi) is 3.87. The number of hydrogen-bond acceptors (Lipinski definition) is 6. The maximum atomic E-state index is 13.0. The van der Waals surface area contributed by atoms with Gasteiger partial charge in [0.2, 0.25) is 0 Å². The molecule has 0 aliphatic carbocycles. The molecule has 1 aromatic rings. The number of benzene rings is 1. The first-order valence-corrected chi connectivity index (χ1v) is 8.45. The van der Waals surface area contributed by atoms with Gasteiger partial charge in [-0.25, -0.2) is 0 Å². The van der Waals surface area contributed by atoms with Crippen LogP contribution in [0.15, 0.2) is 18.2 Å². The maximum absolute atomic E-state index is 13.0. The van der Waals surface area contributed by atoms with E-state index < -0.39 is 5.41 Å². The zero-order chi connectivity index (χ0) is 18.5. The third kappa shape index (κ3) is 2.36. The van der Waals surface area contributed by atoms with E-state index in [9.17, 15) is 14.4 Å². The van der Waals surface area contributed by atoms with Crippen LogP contribution in [-0.4, -0.2) is 69.8 Å². The Hall–Kier alpha value is -2.61. The number of anilines is 1. The molecule has 0 bridgehead atoms. The fourth-order valence-electron chi connectivity index (χ4n) is 3.97. The molecule has 8 heteroatoms. The molecular formula is C18H20N2O6. The van der Waals surface area contributed by atoms with Crippen molar-refractivity contribution < 1.29 is 28.6 Å². The number of methoxy groups -OCH3 is 1. The monoisotopic (exact) mass is 360 g/mol. The number of hydrogen-bond donors (Lipinski definition) is 0. The van der Waals surface area contributed by atoms with Crippen molar-refractivity contribution in [1.82, 2.24) is 4.90 Å². The van der Waals surface area contributed by atoms with Crippen molar-refractivity contribution in [3.63, 3.8) is 0 Å². The van der Waals surface area contributed by atoms with Crippen LogP contribution in [0, 0.1) is 11.3 Å². The fourth-order valence-corrected chi connectivity index (χ4v) is 3.97. The molecule has 3 aliphatic heterocycles. The number of carbonyl (C=O) groups excluding carboxylic acids is 3. The summed E-state index contributed by atoms with van der Waals surface area (Å²) in [5, 5.41) is 0. The molecule has 0 spiro atoms. The highest BCUT2D eigenvalue weighted by Gasteiger charge is 2.57. The number of likely N-dealkylation sites (N-methyl/N-ethyl adjacent to an activating group) is 1. The number of ether oxygens (including phenoxy) is 3. The standard InChI is InChI=1S/C18H20N2O6/c1-19-13-5-11(3-4-14(13)26-8-15(19)21)16(22)20-6-12-7-25-10-18(12,9-20)17(23)24-2/h3-5,12H,6-10H2,1-2H3/t12-,18-/m0/s1. The van der Waals surface area contributed by atoms with Gasteiger partial charge in [-0.05, 0) is 18.2 Å². The molecule has 0 unspecified atom stereocenters. The van der Waals surface area contributed by atoms with Crippen LogP contribution >= 0.6 is 0 Å². The molecule has 2 atom stereocenters. The van der Waals surface area contributed by atoms with Crippen LogP contribution in [0.4, 0.5) is 5.69 Å². The number of nitrogens with zero attached hydrogens (tertiary/aromatic N) is 2. The lowest BCUT2D eigenvalue weighted by Gasteiger charge is -2.27. The number of amides is 2. The molecule has 0 aromatic heterocycles. The van der Waals surface area contributed by atoms with Crippen LogP contribution in [0.3, 0.4) is 0 Å². The van der Waals surface area contributed by atoms with Crippen molar-refractivity contribution in [3.8, 4) is 5.75 Å². The third-order valence-electron chi connectivity index (χ3n) is 5.55. The summed E-state index contributed by atoms with van der Waals surface area (Å²) in [4.78, 5) is 40.3. The summed E-state index contributed by atoms with van der Waals surface area (Å²) in [6.07, 6.45) is 0. The third-order valence-corrected chi connectivity index (χ3v) is 5.55. The Morgan fingerprint density at radius 3 is 2.92 bits per heavy atom. The summed E-state index contributed by atoms with van der Waals surface area (Å²) in [5.41, 5.74) is 0.237. The molecule has 2 saturated heterocycles. The Balaban J connectivity index is 1.60. The lowest BCUT2D eigenvalue weighted by Crippen LogP contribution is -2.41. The summed E-state index contributed by atoms with van der Waals surface area (Å²) in [6, 6.07) is 5.03. The number of rotatable bonds is 2. The molecule has 2 amide bonds. The van der Waals surface area contributed by atoms with Crippen molar-refractivity contribution in [2.24, 2.45) is 11.3 Å². The normalized spacial score (nSPS) is 27.0. The second-order valence-corrected chi connectivity index (χ2v) is 6.97. The Morgan fingerprint density at radius 2 is 2.15 bits per heavy atom. The number of esters is 1. The average molecular weight is 360 g/mol. The van der Waals surface area contributed by atoms with Crippen molar-refractivity contribution in [2.45, 2.75) is 0 Å². The van der Waals surface area contributed by atoms with Gasteiger partial charge in [0.1, 0.15) is 11.2 Å². The second kappa shape index (κ2) is 5.98. The van der Waals surface area contributed by atoms with E-state index in [-0.39, 0.29) is 43.5 Å². The molecule has 8 nitrogen and oxygen atoms in total.